The van der Waals surface area contributed by atoms with Gasteiger partial charge in [0.1, 0.15) is 0 Å². The lowest BCUT2D eigenvalue weighted by Crippen LogP contribution is -2.43. The van der Waals surface area contributed by atoms with E-state index >= 15 is 0 Å². The molecule has 0 aromatic rings. The maximum Gasteiger partial charge on any atom is 0.222 e. The summed E-state index contributed by atoms with van der Waals surface area (Å²) in [7, 11) is 0. The first-order valence-electron chi connectivity index (χ1n) is 7.79. The lowest BCUT2D eigenvalue weighted by atomic mass is 9.79. The third-order valence-corrected chi connectivity index (χ3v) is 4.44. The fraction of sp³-hybridized carbons (Fsp3) is 0.933. The van der Waals surface area contributed by atoms with E-state index in [1.54, 1.807) is 0 Å². The molecule has 0 N–H and O–H groups in total. The number of nitrogens with zero attached hydrogens (tertiary/aromatic N) is 1. The SMILES string of the molecule is CCOC1CC(CC(=O)N2CCC(OCCCl)CC2)C1. The van der Waals surface area contributed by atoms with Crippen molar-refractivity contribution in [2.75, 3.05) is 32.2 Å². The Morgan fingerprint density at radius 2 is 1.90 bits per heavy atom. The third kappa shape index (κ3) is 4.61. The van der Waals surface area contributed by atoms with E-state index in [2.05, 4.69) is 0 Å². The zero-order valence-electron chi connectivity index (χ0n) is 12.4. The number of halogens is 1. The summed E-state index contributed by atoms with van der Waals surface area (Å²) in [5.41, 5.74) is 0. The van der Waals surface area contributed by atoms with Crippen LogP contribution in [0.15, 0.2) is 0 Å². The van der Waals surface area contributed by atoms with E-state index in [0.717, 1.165) is 45.4 Å². The average molecular weight is 304 g/mol. The summed E-state index contributed by atoms with van der Waals surface area (Å²) >= 11 is 5.61. The second-order valence-electron chi connectivity index (χ2n) is 5.76. The van der Waals surface area contributed by atoms with Gasteiger partial charge in [-0.15, -0.1) is 11.6 Å². The van der Waals surface area contributed by atoms with E-state index in [1.165, 1.54) is 0 Å². The van der Waals surface area contributed by atoms with Crippen molar-refractivity contribution in [1.29, 1.82) is 0 Å². The molecule has 1 aliphatic carbocycles. The third-order valence-electron chi connectivity index (χ3n) is 4.28. The lowest BCUT2D eigenvalue weighted by molar-refractivity contribution is -0.137. The molecule has 0 bridgehead atoms. The Bertz CT molecular complexity index is 299. The van der Waals surface area contributed by atoms with Crippen LogP contribution < -0.4 is 0 Å². The van der Waals surface area contributed by atoms with Gasteiger partial charge in [0.15, 0.2) is 0 Å². The number of piperidine rings is 1. The van der Waals surface area contributed by atoms with Gasteiger partial charge in [0, 0.05) is 32.0 Å². The van der Waals surface area contributed by atoms with E-state index < -0.39 is 0 Å². The van der Waals surface area contributed by atoms with Crippen LogP contribution >= 0.6 is 11.6 Å². The zero-order chi connectivity index (χ0) is 14.4. The van der Waals surface area contributed by atoms with Crippen molar-refractivity contribution >= 4 is 17.5 Å². The van der Waals surface area contributed by atoms with Crippen molar-refractivity contribution in [1.82, 2.24) is 4.90 Å². The summed E-state index contributed by atoms with van der Waals surface area (Å²) in [6.45, 7) is 5.07. The maximum atomic E-state index is 12.2. The highest BCUT2D eigenvalue weighted by molar-refractivity contribution is 6.17. The number of ether oxygens (including phenoxy) is 2. The van der Waals surface area contributed by atoms with Crippen LogP contribution in [0, 0.1) is 5.92 Å². The predicted octanol–water partition coefficient (Wildman–Crippen LogP) is 2.44. The van der Waals surface area contributed by atoms with Gasteiger partial charge in [0.05, 0.1) is 18.8 Å². The summed E-state index contributed by atoms with van der Waals surface area (Å²) in [6, 6.07) is 0. The molecule has 0 radical (unpaired) electrons. The van der Waals surface area contributed by atoms with Gasteiger partial charge in [-0.1, -0.05) is 0 Å². The normalized spacial score (nSPS) is 27.4. The maximum absolute atomic E-state index is 12.2. The second-order valence-corrected chi connectivity index (χ2v) is 6.14. The van der Waals surface area contributed by atoms with E-state index in [0.29, 0.717) is 36.8 Å². The summed E-state index contributed by atoms with van der Waals surface area (Å²) in [6.07, 6.45) is 5.35. The Morgan fingerprint density at radius 1 is 1.20 bits per heavy atom. The molecule has 5 heteroatoms. The van der Waals surface area contributed by atoms with Crippen molar-refractivity contribution in [3.63, 3.8) is 0 Å². The quantitative estimate of drug-likeness (QED) is 0.678. The van der Waals surface area contributed by atoms with Crippen molar-refractivity contribution in [3.05, 3.63) is 0 Å². The van der Waals surface area contributed by atoms with Crippen molar-refractivity contribution in [3.8, 4) is 0 Å². The smallest absolute Gasteiger partial charge is 0.222 e. The molecular weight excluding hydrogens is 278 g/mol. The zero-order valence-corrected chi connectivity index (χ0v) is 13.1. The van der Waals surface area contributed by atoms with Gasteiger partial charge in [-0.3, -0.25) is 4.79 Å². The Hall–Kier alpha value is -0.320. The second kappa shape index (κ2) is 8.20. The van der Waals surface area contributed by atoms with Crippen LogP contribution in [-0.4, -0.2) is 55.2 Å². The Balaban J connectivity index is 1.60. The summed E-state index contributed by atoms with van der Waals surface area (Å²) in [5, 5.41) is 0. The highest BCUT2D eigenvalue weighted by atomic mass is 35.5. The van der Waals surface area contributed by atoms with Gasteiger partial charge in [0.2, 0.25) is 5.91 Å². The number of carbonyl (C=O) groups excluding carboxylic acids is 1. The van der Waals surface area contributed by atoms with Gasteiger partial charge >= 0.3 is 0 Å². The summed E-state index contributed by atoms with van der Waals surface area (Å²) in [4.78, 5) is 14.2. The highest BCUT2D eigenvalue weighted by Gasteiger charge is 2.33. The van der Waals surface area contributed by atoms with E-state index in [9.17, 15) is 4.79 Å². The van der Waals surface area contributed by atoms with Gasteiger partial charge in [-0.2, -0.15) is 0 Å². The van der Waals surface area contributed by atoms with Crippen LogP contribution in [0.1, 0.15) is 39.0 Å². The van der Waals surface area contributed by atoms with Crippen molar-refractivity contribution in [2.45, 2.75) is 51.2 Å². The topological polar surface area (TPSA) is 38.8 Å². The first-order valence-corrected chi connectivity index (χ1v) is 8.33. The van der Waals surface area contributed by atoms with Crippen LogP contribution in [-0.2, 0) is 14.3 Å². The summed E-state index contributed by atoms with van der Waals surface area (Å²) in [5.74, 6) is 1.38. The molecule has 0 unspecified atom stereocenters. The average Bonchev–Trinajstić information content (AvgIpc) is 2.43. The molecule has 1 heterocycles. The van der Waals surface area contributed by atoms with Crippen molar-refractivity contribution < 1.29 is 14.3 Å². The monoisotopic (exact) mass is 303 g/mol. The lowest BCUT2D eigenvalue weighted by Gasteiger charge is -2.37. The number of hydrogen-bond acceptors (Lipinski definition) is 3. The fourth-order valence-electron chi connectivity index (χ4n) is 3.07. The molecule has 20 heavy (non-hydrogen) atoms. The molecule has 1 saturated heterocycles. The highest BCUT2D eigenvalue weighted by Crippen LogP contribution is 2.33. The predicted molar refractivity (Wildman–Crippen MR) is 79.0 cm³/mol. The molecule has 0 aromatic carbocycles. The van der Waals surface area contributed by atoms with Crippen molar-refractivity contribution in [2.24, 2.45) is 5.92 Å². The molecule has 116 valence electrons. The van der Waals surface area contributed by atoms with E-state index in [1.807, 2.05) is 11.8 Å². The van der Waals surface area contributed by atoms with E-state index in [-0.39, 0.29) is 6.10 Å². The minimum absolute atomic E-state index is 0.281. The first-order chi connectivity index (χ1) is 9.72. The molecule has 1 aliphatic heterocycles. The molecule has 0 aromatic heterocycles. The number of likely N-dealkylation sites (tertiary alicyclic amines) is 1. The van der Waals surface area contributed by atoms with Crippen LogP contribution in [0.2, 0.25) is 0 Å². The standard InChI is InChI=1S/C15H26ClNO3/c1-2-19-14-9-12(10-14)11-15(18)17-6-3-13(4-7-17)20-8-5-16/h12-14H,2-11H2,1H3. The Kier molecular flexibility index (Phi) is 6.59. The Morgan fingerprint density at radius 3 is 2.50 bits per heavy atom. The number of amides is 1. The van der Waals surface area contributed by atoms with Gasteiger partial charge in [-0.05, 0) is 38.5 Å². The molecule has 4 nitrogen and oxygen atoms in total. The largest absolute Gasteiger partial charge is 0.378 e. The minimum atomic E-state index is 0.281. The van der Waals surface area contributed by atoms with Crippen LogP contribution in [0.4, 0.5) is 0 Å². The van der Waals surface area contributed by atoms with Crippen LogP contribution in [0.5, 0.6) is 0 Å². The molecule has 2 aliphatic rings. The molecule has 2 rings (SSSR count). The molecule has 0 atom stereocenters. The number of rotatable bonds is 7. The molecule has 0 spiro atoms. The minimum Gasteiger partial charge on any atom is -0.378 e. The van der Waals surface area contributed by atoms with Crippen LogP contribution in [0.25, 0.3) is 0 Å². The van der Waals surface area contributed by atoms with E-state index in [4.69, 9.17) is 21.1 Å². The molecule has 1 amide bonds. The van der Waals surface area contributed by atoms with Gasteiger partial charge in [0.25, 0.3) is 0 Å². The first kappa shape index (κ1) is 16.1. The number of hydrogen-bond donors (Lipinski definition) is 0. The Labute approximate surface area is 126 Å². The number of alkyl halides is 1. The van der Waals surface area contributed by atoms with Gasteiger partial charge in [-0.25, -0.2) is 0 Å². The summed E-state index contributed by atoms with van der Waals surface area (Å²) < 4.78 is 11.2. The van der Waals surface area contributed by atoms with Crippen LogP contribution in [0.3, 0.4) is 0 Å². The molecular formula is C15H26ClNO3. The number of carbonyl (C=O) groups is 1. The van der Waals surface area contributed by atoms with Gasteiger partial charge < -0.3 is 14.4 Å². The molecule has 1 saturated carbocycles. The fourth-order valence-corrected chi connectivity index (χ4v) is 3.16. The molecule has 2 fully saturated rings.